The fourth-order valence-electron chi connectivity index (χ4n) is 0.346. The highest BCUT2D eigenvalue weighted by Gasteiger charge is 2.79. The summed E-state index contributed by atoms with van der Waals surface area (Å²) in [4.78, 5) is 0. The van der Waals surface area contributed by atoms with Gasteiger partial charge in [-0.2, -0.15) is 22.0 Å². The molecule has 0 aromatic carbocycles. The molecule has 13 heavy (non-hydrogen) atoms. The summed E-state index contributed by atoms with van der Waals surface area (Å²) in [7, 11) is 0. The predicted octanol–water partition coefficient (Wildman–Crippen LogP) is 2.16. The minimum absolute atomic E-state index is 0.0691. The van der Waals surface area contributed by atoms with E-state index in [0.717, 1.165) is 0 Å². The first-order valence-corrected chi connectivity index (χ1v) is 4.16. The van der Waals surface area contributed by atoms with Gasteiger partial charge in [0.1, 0.15) is 6.26 Å². The Bertz CT molecular complexity index is 185. The number of rotatable bonds is 2. The molecule has 0 amide bonds. The van der Waals surface area contributed by atoms with Crippen LogP contribution in [0.3, 0.4) is 0 Å². The van der Waals surface area contributed by atoms with Crippen molar-refractivity contribution in [3.8, 4) is 0 Å². The zero-order valence-electron chi connectivity index (χ0n) is 5.96. The van der Waals surface area contributed by atoms with Crippen molar-refractivity contribution in [2.45, 2.75) is 17.4 Å². The Morgan fingerprint density at radius 1 is 0.923 bits per heavy atom. The van der Waals surface area contributed by atoms with Crippen molar-refractivity contribution < 1.29 is 35.3 Å². The van der Waals surface area contributed by atoms with Crippen LogP contribution < -0.4 is 0 Å². The monoisotopic (exact) mass is 232 g/mol. The fraction of sp³-hybridized carbons (Fsp3) is 1.00. The highest BCUT2D eigenvalue weighted by molar-refractivity contribution is 7.91. The van der Waals surface area contributed by atoms with E-state index in [1.54, 1.807) is 0 Å². The molecule has 1 nitrogen and oxygen atoms in total. The van der Waals surface area contributed by atoms with Gasteiger partial charge in [-0.25, -0.2) is 0 Å². The normalized spacial score (nSPS) is 17.3. The maximum Gasteiger partial charge on any atom is 0.480 e. The lowest BCUT2D eigenvalue weighted by Gasteiger charge is -2.26. The third kappa shape index (κ3) is 2.01. The lowest BCUT2D eigenvalue weighted by molar-refractivity contribution is -0.332. The molecule has 0 fully saturated rings. The van der Waals surface area contributed by atoms with Crippen molar-refractivity contribution in [1.82, 2.24) is 0 Å². The first kappa shape index (κ1) is 12.8. The van der Waals surface area contributed by atoms with Crippen LogP contribution in [0.4, 0.5) is 30.7 Å². The summed E-state index contributed by atoms with van der Waals surface area (Å²) in [6.45, 7) is 0. The van der Waals surface area contributed by atoms with Crippen LogP contribution in [0, 0.1) is 0 Å². The molecule has 0 saturated heterocycles. The largest absolute Gasteiger partial charge is 0.612 e. The Hall–Kier alpha value is -0.180. The van der Waals surface area contributed by atoms with E-state index < -0.39 is 28.5 Å². The first-order valence-electron chi connectivity index (χ1n) is 2.60. The molecule has 0 heterocycles. The fourth-order valence-corrected chi connectivity index (χ4v) is 0.822. The van der Waals surface area contributed by atoms with Gasteiger partial charge in [0, 0.05) is 11.2 Å². The summed E-state index contributed by atoms with van der Waals surface area (Å²) in [5, 5.41) is -5.61. The van der Waals surface area contributed by atoms with Crippen LogP contribution in [0.2, 0.25) is 0 Å². The van der Waals surface area contributed by atoms with Crippen molar-refractivity contribution in [2.24, 2.45) is 0 Å². The molecule has 0 aliphatic heterocycles. The second kappa shape index (κ2) is 3.19. The maximum absolute atomic E-state index is 12.0. The van der Waals surface area contributed by atoms with E-state index in [-0.39, 0.29) is 6.26 Å². The molecule has 1 unspecified atom stereocenters. The van der Waals surface area contributed by atoms with E-state index in [1.807, 2.05) is 0 Å². The van der Waals surface area contributed by atoms with Gasteiger partial charge >= 0.3 is 17.4 Å². The second-order valence-corrected chi connectivity index (χ2v) is 3.46. The van der Waals surface area contributed by atoms with Gasteiger partial charge < -0.3 is 4.55 Å². The third-order valence-electron chi connectivity index (χ3n) is 1.08. The van der Waals surface area contributed by atoms with Crippen molar-refractivity contribution in [1.29, 1.82) is 0 Å². The van der Waals surface area contributed by atoms with Crippen molar-refractivity contribution >= 4 is 11.2 Å². The summed E-state index contributed by atoms with van der Waals surface area (Å²) in [5.41, 5.74) is 0. The van der Waals surface area contributed by atoms with E-state index in [9.17, 15) is 35.3 Å². The van der Waals surface area contributed by atoms with Gasteiger partial charge in [-0.1, -0.05) is 0 Å². The highest BCUT2D eigenvalue weighted by atomic mass is 32.2. The zero-order chi connectivity index (χ0) is 11.1. The summed E-state index contributed by atoms with van der Waals surface area (Å²) >= 11 is -3.60. The van der Waals surface area contributed by atoms with E-state index >= 15 is 0 Å². The topological polar surface area (TPSA) is 23.1 Å². The Morgan fingerprint density at radius 2 is 1.23 bits per heavy atom. The zero-order valence-corrected chi connectivity index (χ0v) is 6.78. The van der Waals surface area contributed by atoms with Crippen LogP contribution >= 0.6 is 0 Å². The number of hydrogen-bond donors (Lipinski definition) is 0. The molecular formula is C4H3F7OS. The number of hydrogen-bond acceptors (Lipinski definition) is 1. The number of alkyl halides is 7. The van der Waals surface area contributed by atoms with Crippen LogP contribution in [0.15, 0.2) is 0 Å². The Balaban J connectivity index is 5.04. The van der Waals surface area contributed by atoms with E-state index in [4.69, 9.17) is 0 Å². The second-order valence-electron chi connectivity index (χ2n) is 2.04. The Kier molecular flexibility index (Phi) is 3.15. The lowest BCUT2D eigenvalue weighted by Crippen LogP contribution is -2.55. The maximum atomic E-state index is 12.0. The van der Waals surface area contributed by atoms with E-state index in [2.05, 4.69) is 0 Å². The third-order valence-corrected chi connectivity index (χ3v) is 2.06. The molecule has 9 heteroatoms. The molecule has 0 aliphatic carbocycles. The van der Waals surface area contributed by atoms with Gasteiger partial charge in [0.05, 0.1) is 0 Å². The quantitative estimate of drug-likeness (QED) is 0.528. The molecule has 0 saturated carbocycles. The van der Waals surface area contributed by atoms with Gasteiger partial charge in [-0.3, -0.25) is 0 Å². The highest BCUT2D eigenvalue weighted by Crippen LogP contribution is 2.48. The van der Waals surface area contributed by atoms with Crippen LogP contribution in [-0.4, -0.2) is 28.2 Å². The number of halogens is 7. The molecule has 0 spiro atoms. The average Bonchev–Trinajstić information content (AvgIpc) is 1.84. The smallest absolute Gasteiger partial charge is 0.480 e. The molecule has 0 aromatic heterocycles. The van der Waals surface area contributed by atoms with Crippen molar-refractivity contribution in [3.63, 3.8) is 0 Å². The SMILES string of the molecule is C[S+]([O-])C(F)(F)C(F)(F)C(F)(F)F. The minimum atomic E-state index is -6.41. The van der Waals surface area contributed by atoms with Gasteiger partial charge in [-0.15, -0.1) is 8.78 Å². The molecule has 1 atom stereocenters. The minimum Gasteiger partial charge on any atom is -0.612 e. The Labute approximate surface area is 71.1 Å². The van der Waals surface area contributed by atoms with Crippen molar-refractivity contribution in [3.05, 3.63) is 0 Å². The Morgan fingerprint density at radius 3 is 1.31 bits per heavy atom. The van der Waals surface area contributed by atoms with Gasteiger partial charge in [0.15, 0.2) is 0 Å². The van der Waals surface area contributed by atoms with Gasteiger partial charge in [0.2, 0.25) is 0 Å². The molecule has 0 N–H and O–H groups in total. The van der Waals surface area contributed by atoms with Gasteiger partial charge in [0.25, 0.3) is 0 Å². The standard InChI is InChI=1S/C4H3F7OS/c1-13(12)4(10,11)2(5,6)3(7,8)9/h1H3. The predicted molar refractivity (Wildman–Crippen MR) is 30.0 cm³/mol. The molecule has 80 valence electrons. The van der Waals surface area contributed by atoms with Crippen molar-refractivity contribution in [2.75, 3.05) is 6.26 Å². The molecule has 0 rings (SSSR count). The summed E-state index contributed by atoms with van der Waals surface area (Å²) < 4.78 is 91.8. The van der Waals surface area contributed by atoms with Crippen LogP contribution in [0.1, 0.15) is 0 Å². The molecule has 0 radical (unpaired) electrons. The first-order chi connectivity index (χ1) is 5.44. The van der Waals surface area contributed by atoms with Crippen LogP contribution in [-0.2, 0) is 11.2 Å². The molecule has 0 aromatic rings. The molecule has 0 bridgehead atoms. The average molecular weight is 232 g/mol. The van der Waals surface area contributed by atoms with Crippen LogP contribution in [0.25, 0.3) is 0 Å². The summed E-state index contributed by atoms with van der Waals surface area (Å²) in [5.74, 6) is -6.28. The molecule has 0 aliphatic rings. The van der Waals surface area contributed by atoms with Crippen LogP contribution in [0.5, 0.6) is 0 Å². The lowest BCUT2D eigenvalue weighted by atomic mass is 10.3. The molecular weight excluding hydrogens is 229 g/mol. The summed E-state index contributed by atoms with van der Waals surface area (Å²) in [6, 6.07) is 0. The summed E-state index contributed by atoms with van der Waals surface area (Å²) in [6.07, 6.45) is -6.35. The van der Waals surface area contributed by atoms with Gasteiger partial charge in [-0.05, 0) is 0 Å². The van der Waals surface area contributed by atoms with E-state index in [0.29, 0.717) is 0 Å². The van der Waals surface area contributed by atoms with E-state index in [1.165, 1.54) is 0 Å².